The summed E-state index contributed by atoms with van der Waals surface area (Å²) in [5.41, 5.74) is 6.66. The first-order valence-corrected chi connectivity index (χ1v) is 6.65. The molecule has 1 aromatic carbocycles. The molecule has 1 aliphatic heterocycles. The number of thiophene rings is 1. The van der Waals surface area contributed by atoms with Crippen molar-refractivity contribution in [3.8, 4) is 0 Å². The molecule has 2 aromatic rings. The van der Waals surface area contributed by atoms with Gasteiger partial charge in [-0.15, -0.1) is 23.7 Å². The van der Waals surface area contributed by atoms with Crippen molar-refractivity contribution in [2.45, 2.75) is 12.5 Å². The third-order valence-corrected chi connectivity index (χ3v) is 4.19. The molecule has 0 radical (unpaired) electrons. The first-order valence-electron chi connectivity index (χ1n) is 5.77. The highest BCUT2D eigenvalue weighted by atomic mass is 35.5. The van der Waals surface area contributed by atoms with Gasteiger partial charge < -0.3 is 10.6 Å². The van der Waals surface area contributed by atoms with E-state index in [1.54, 1.807) is 11.3 Å². The fourth-order valence-corrected chi connectivity index (χ4v) is 3.22. The number of nitrogens with two attached hydrogens (primary N) is 1. The van der Waals surface area contributed by atoms with Gasteiger partial charge in [0.2, 0.25) is 0 Å². The van der Waals surface area contributed by atoms with Crippen LogP contribution < -0.4 is 5.73 Å². The van der Waals surface area contributed by atoms with Crippen molar-refractivity contribution in [1.82, 2.24) is 4.90 Å². The molecule has 5 heteroatoms. The summed E-state index contributed by atoms with van der Waals surface area (Å²) in [6.45, 7) is 1.47. The number of halogens is 1. The second-order valence-electron chi connectivity index (χ2n) is 4.45. The maximum absolute atomic E-state index is 12.3. The first-order chi connectivity index (χ1) is 8.25. The largest absolute Gasteiger partial charge is 0.337 e. The monoisotopic (exact) mass is 282 g/mol. The average Bonchev–Trinajstić information content (AvgIpc) is 2.94. The summed E-state index contributed by atoms with van der Waals surface area (Å²) in [4.78, 5) is 14.2. The lowest BCUT2D eigenvalue weighted by molar-refractivity contribution is 0.0793. The Balaban J connectivity index is 0.00000120. The molecule has 1 fully saturated rings. The Morgan fingerprint density at radius 1 is 1.39 bits per heavy atom. The molecule has 3 nitrogen and oxygen atoms in total. The lowest BCUT2D eigenvalue weighted by atomic mass is 10.1. The van der Waals surface area contributed by atoms with Gasteiger partial charge >= 0.3 is 0 Å². The van der Waals surface area contributed by atoms with E-state index in [4.69, 9.17) is 5.73 Å². The summed E-state index contributed by atoms with van der Waals surface area (Å²) in [6, 6.07) is 8.17. The van der Waals surface area contributed by atoms with Crippen molar-refractivity contribution in [3.63, 3.8) is 0 Å². The van der Waals surface area contributed by atoms with E-state index in [9.17, 15) is 4.79 Å². The number of nitrogens with zero attached hydrogens (tertiary/aromatic N) is 1. The van der Waals surface area contributed by atoms with Crippen molar-refractivity contribution in [2.75, 3.05) is 13.1 Å². The van der Waals surface area contributed by atoms with Crippen molar-refractivity contribution in [1.29, 1.82) is 0 Å². The summed E-state index contributed by atoms with van der Waals surface area (Å²) in [5, 5.41) is 3.01. The number of benzene rings is 1. The molecule has 0 spiro atoms. The first kappa shape index (κ1) is 13.3. The van der Waals surface area contributed by atoms with Crippen LogP contribution in [0.25, 0.3) is 10.1 Å². The Hall–Kier alpha value is -1.10. The second-order valence-corrected chi connectivity index (χ2v) is 5.36. The standard InChI is InChI=1S/C13H14N2OS.ClH/c14-9-5-6-15(7-9)13(16)11-8-17-12-4-2-1-3-10(11)12;/h1-4,8-9H,5-7,14H2;1H/t9-;/m0./s1. The van der Waals surface area contributed by atoms with E-state index in [0.717, 1.165) is 23.9 Å². The fraction of sp³-hybridized carbons (Fsp3) is 0.308. The average molecular weight is 283 g/mol. The lowest BCUT2D eigenvalue weighted by Crippen LogP contribution is -2.31. The number of hydrogen-bond donors (Lipinski definition) is 1. The van der Waals surface area contributed by atoms with Gasteiger partial charge in [-0.05, 0) is 12.5 Å². The zero-order valence-corrected chi connectivity index (χ0v) is 11.5. The van der Waals surface area contributed by atoms with Gasteiger partial charge in [0.25, 0.3) is 5.91 Å². The summed E-state index contributed by atoms with van der Waals surface area (Å²) in [7, 11) is 0. The molecule has 0 aliphatic carbocycles. The van der Waals surface area contributed by atoms with E-state index in [1.807, 2.05) is 34.5 Å². The molecule has 2 heterocycles. The van der Waals surface area contributed by atoms with Gasteiger partial charge in [0.05, 0.1) is 5.56 Å². The van der Waals surface area contributed by atoms with Crippen molar-refractivity contribution in [2.24, 2.45) is 5.73 Å². The highest BCUT2D eigenvalue weighted by Gasteiger charge is 2.25. The molecular formula is C13H15ClN2OS. The maximum atomic E-state index is 12.3. The van der Waals surface area contributed by atoms with Gasteiger partial charge in [0, 0.05) is 34.6 Å². The molecule has 1 atom stereocenters. The second kappa shape index (κ2) is 5.26. The molecule has 1 saturated heterocycles. The molecule has 1 amide bonds. The molecular weight excluding hydrogens is 268 g/mol. The van der Waals surface area contributed by atoms with Crippen LogP contribution >= 0.6 is 23.7 Å². The molecule has 0 unspecified atom stereocenters. The van der Waals surface area contributed by atoms with Crippen LogP contribution in [-0.2, 0) is 0 Å². The van der Waals surface area contributed by atoms with Gasteiger partial charge in [-0.25, -0.2) is 0 Å². The minimum absolute atomic E-state index is 0. The van der Waals surface area contributed by atoms with Crippen LogP contribution in [0, 0.1) is 0 Å². The number of fused-ring (bicyclic) bond motifs is 1. The number of carbonyl (C=O) groups is 1. The van der Waals surface area contributed by atoms with Crippen LogP contribution in [0.2, 0.25) is 0 Å². The summed E-state index contributed by atoms with van der Waals surface area (Å²) in [6.07, 6.45) is 0.911. The van der Waals surface area contributed by atoms with Crippen LogP contribution in [0.5, 0.6) is 0 Å². The Bertz CT molecular complexity index is 569. The lowest BCUT2D eigenvalue weighted by Gasteiger charge is -2.15. The van der Waals surface area contributed by atoms with Crippen molar-refractivity contribution >= 4 is 39.7 Å². The Morgan fingerprint density at radius 2 is 2.17 bits per heavy atom. The summed E-state index contributed by atoms with van der Waals surface area (Å²) >= 11 is 1.62. The number of rotatable bonds is 1. The van der Waals surface area contributed by atoms with Gasteiger partial charge in [0.1, 0.15) is 0 Å². The predicted octanol–water partition coefficient (Wildman–Crippen LogP) is 2.50. The molecule has 3 rings (SSSR count). The highest BCUT2D eigenvalue weighted by molar-refractivity contribution is 7.17. The van der Waals surface area contributed by atoms with E-state index in [1.165, 1.54) is 4.70 Å². The number of carbonyl (C=O) groups excluding carboxylic acids is 1. The molecule has 1 aliphatic rings. The fourth-order valence-electron chi connectivity index (χ4n) is 2.29. The van der Waals surface area contributed by atoms with Crippen molar-refractivity contribution in [3.05, 3.63) is 35.2 Å². The van der Waals surface area contributed by atoms with E-state index < -0.39 is 0 Å². The Labute approximate surface area is 116 Å². The zero-order valence-electron chi connectivity index (χ0n) is 9.83. The van der Waals surface area contributed by atoms with E-state index in [0.29, 0.717) is 6.54 Å². The van der Waals surface area contributed by atoms with Crippen LogP contribution in [0.1, 0.15) is 16.8 Å². The third-order valence-electron chi connectivity index (χ3n) is 3.22. The zero-order chi connectivity index (χ0) is 11.8. The minimum atomic E-state index is 0. The molecule has 2 N–H and O–H groups in total. The maximum Gasteiger partial charge on any atom is 0.255 e. The third kappa shape index (κ3) is 2.23. The smallest absolute Gasteiger partial charge is 0.255 e. The van der Waals surface area contributed by atoms with Gasteiger partial charge in [-0.2, -0.15) is 0 Å². The minimum Gasteiger partial charge on any atom is -0.337 e. The van der Waals surface area contributed by atoms with Crippen LogP contribution in [0.3, 0.4) is 0 Å². The Morgan fingerprint density at radius 3 is 2.89 bits per heavy atom. The summed E-state index contributed by atoms with van der Waals surface area (Å²) < 4.78 is 1.17. The van der Waals surface area contributed by atoms with Gasteiger partial charge in [-0.1, -0.05) is 18.2 Å². The summed E-state index contributed by atoms with van der Waals surface area (Å²) in [5.74, 6) is 0.121. The number of likely N-dealkylation sites (tertiary alicyclic amines) is 1. The predicted molar refractivity (Wildman–Crippen MR) is 77.6 cm³/mol. The Kier molecular flexibility index (Phi) is 3.90. The number of hydrogen-bond acceptors (Lipinski definition) is 3. The van der Waals surface area contributed by atoms with E-state index >= 15 is 0 Å². The quantitative estimate of drug-likeness (QED) is 0.873. The number of amides is 1. The van der Waals surface area contributed by atoms with E-state index in [2.05, 4.69) is 0 Å². The van der Waals surface area contributed by atoms with Crippen LogP contribution in [-0.4, -0.2) is 29.9 Å². The molecule has 96 valence electrons. The SMILES string of the molecule is Cl.N[C@H]1CCN(C(=O)c2csc3ccccc23)C1. The van der Waals surface area contributed by atoms with Crippen LogP contribution in [0.4, 0.5) is 0 Å². The van der Waals surface area contributed by atoms with Crippen molar-refractivity contribution < 1.29 is 4.79 Å². The molecule has 0 bridgehead atoms. The molecule has 18 heavy (non-hydrogen) atoms. The van der Waals surface area contributed by atoms with Gasteiger partial charge in [-0.3, -0.25) is 4.79 Å². The van der Waals surface area contributed by atoms with Gasteiger partial charge in [0.15, 0.2) is 0 Å². The highest BCUT2D eigenvalue weighted by Crippen LogP contribution is 2.27. The molecule has 0 saturated carbocycles. The topological polar surface area (TPSA) is 46.3 Å². The molecule has 1 aromatic heterocycles. The van der Waals surface area contributed by atoms with Crippen LogP contribution in [0.15, 0.2) is 29.6 Å². The normalized spacial score (nSPS) is 18.9. The van der Waals surface area contributed by atoms with E-state index in [-0.39, 0.29) is 24.4 Å².